The van der Waals surface area contributed by atoms with Crippen molar-refractivity contribution in [1.82, 2.24) is 9.97 Å². The second kappa shape index (κ2) is 8.52. The van der Waals surface area contributed by atoms with Gasteiger partial charge in [-0.3, -0.25) is 10.1 Å². The Balaban J connectivity index is 2.52. The molecule has 0 aliphatic carbocycles. The predicted molar refractivity (Wildman–Crippen MR) is 79.0 cm³/mol. The van der Waals surface area contributed by atoms with Crippen molar-refractivity contribution in [2.45, 2.75) is 19.3 Å². The Morgan fingerprint density at radius 2 is 2.21 bits per heavy atom. The number of nitrogens with zero attached hydrogens (tertiary/aromatic N) is 3. The molecule has 8 heteroatoms. The summed E-state index contributed by atoms with van der Waals surface area (Å²) in [4.78, 5) is 18.3. The molecule has 106 valence electrons. The first-order valence-corrected chi connectivity index (χ1v) is 7.50. The van der Waals surface area contributed by atoms with Crippen molar-refractivity contribution in [3.63, 3.8) is 0 Å². The van der Waals surface area contributed by atoms with Gasteiger partial charge in [-0.25, -0.2) is 4.98 Å². The van der Waals surface area contributed by atoms with Crippen molar-refractivity contribution in [3.8, 4) is 0 Å². The Morgan fingerprint density at radius 1 is 1.42 bits per heavy atom. The van der Waals surface area contributed by atoms with Gasteiger partial charge in [-0.1, -0.05) is 6.42 Å². The molecule has 1 rings (SSSR count). The Morgan fingerprint density at radius 3 is 2.84 bits per heavy atom. The molecule has 0 aliphatic heterocycles. The fourth-order valence-corrected chi connectivity index (χ4v) is 2.01. The van der Waals surface area contributed by atoms with Crippen LogP contribution in [-0.2, 0) is 0 Å². The summed E-state index contributed by atoms with van der Waals surface area (Å²) in [7, 11) is 1.67. The van der Waals surface area contributed by atoms with Gasteiger partial charge in [0.25, 0.3) is 0 Å². The van der Waals surface area contributed by atoms with Crippen molar-refractivity contribution in [3.05, 3.63) is 16.3 Å². The van der Waals surface area contributed by atoms with E-state index in [-0.39, 0.29) is 11.5 Å². The van der Waals surface area contributed by atoms with E-state index in [1.54, 1.807) is 7.05 Å². The normalized spacial score (nSPS) is 10.2. The minimum Gasteiger partial charge on any atom is -0.364 e. The zero-order chi connectivity index (χ0) is 14.1. The third kappa shape index (κ3) is 5.29. The minimum atomic E-state index is -0.477. The van der Waals surface area contributed by atoms with E-state index in [2.05, 4.69) is 26.9 Å². The lowest BCUT2D eigenvalue weighted by atomic mass is 10.2. The van der Waals surface area contributed by atoms with E-state index in [0.717, 1.165) is 25.0 Å². The highest BCUT2D eigenvalue weighted by molar-refractivity contribution is 7.98. The van der Waals surface area contributed by atoms with Gasteiger partial charge in [0.15, 0.2) is 0 Å². The van der Waals surface area contributed by atoms with Crippen molar-refractivity contribution in [2.24, 2.45) is 0 Å². The molecule has 1 aromatic heterocycles. The highest BCUT2D eigenvalue weighted by atomic mass is 32.2. The average Bonchev–Trinajstić information content (AvgIpc) is 2.42. The van der Waals surface area contributed by atoms with E-state index >= 15 is 0 Å². The Bertz CT molecular complexity index is 416. The number of anilines is 2. The average molecular weight is 285 g/mol. The maximum absolute atomic E-state index is 10.9. The topological polar surface area (TPSA) is 93.0 Å². The molecule has 0 atom stereocenters. The van der Waals surface area contributed by atoms with Crippen molar-refractivity contribution in [1.29, 1.82) is 0 Å². The van der Waals surface area contributed by atoms with Crippen LogP contribution in [0.15, 0.2) is 6.20 Å². The summed E-state index contributed by atoms with van der Waals surface area (Å²) < 4.78 is 0. The second-order valence-electron chi connectivity index (χ2n) is 3.91. The SMILES string of the molecule is CNc1ncc([N+](=O)[O-])c(NCCCCCSC)n1. The highest BCUT2D eigenvalue weighted by Gasteiger charge is 2.16. The van der Waals surface area contributed by atoms with E-state index in [4.69, 9.17) is 0 Å². The number of nitro groups is 1. The Labute approximate surface area is 116 Å². The molecule has 0 aliphatic rings. The van der Waals surface area contributed by atoms with Crippen molar-refractivity contribution < 1.29 is 4.92 Å². The molecule has 0 bridgehead atoms. The van der Waals surface area contributed by atoms with E-state index in [9.17, 15) is 10.1 Å². The first kappa shape index (κ1) is 15.5. The first-order chi connectivity index (χ1) is 9.19. The molecule has 0 saturated carbocycles. The van der Waals surface area contributed by atoms with Crippen LogP contribution in [0.25, 0.3) is 0 Å². The lowest BCUT2D eigenvalue weighted by Crippen LogP contribution is -2.08. The quantitative estimate of drug-likeness (QED) is 0.408. The van der Waals surface area contributed by atoms with E-state index in [1.807, 2.05) is 11.8 Å². The highest BCUT2D eigenvalue weighted by Crippen LogP contribution is 2.21. The third-order valence-corrected chi connectivity index (χ3v) is 3.20. The lowest BCUT2D eigenvalue weighted by molar-refractivity contribution is -0.384. The molecule has 1 heterocycles. The summed E-state index contributed by atoms with van der Waals surface area (Å²) >= 11 is 1.83. The van der Waals surface area contributed by atoms with Crippen LogP contribution in [0.1, 0.15) is 19.3 Å². The number of rotatable bonds is 9. The molecule has 19 heavy (non-hydrogen) atoms. The number of hydrogen-bond donors (Lipinski definition) is 2. The lowest BCUT2D eigenvalue weighted by Gasteiger charge is -2.07. The first-order valence-electron chi connectivity index (χ1n) is 6.11. The molecule has 0 unspecified atom stereocenters. The van der Waals surface area contributed by atoms with Gasteiger partial charge in [0, 0.05) is 13.6 Å². The van der Waals surface area contributed by atoms with Crippen LogP contribution in [0, 0.1) is 10.1 Å². The Kier molecular flexibility index (Phi) is 6.94. The molecule has 2 N–H and O–H groups in total. The fraction of sp³-hybridized carbons (Fsp3) is 0.636. The molecular formula is C11H19N5O2S. The zero-order valence-corrected chi connectivity index (χ0v) is 12.0. The van der Waals surface area contributed by atoms with Crippen LogP contribution < -0.4 is 10.6 Å². The summed E-state index contributed by atoms with van der Waals surface area (Å²) in [6.07, 6.45) is 6.54. The smallest absolute Gasteiger partial charge is 0.329 e. The van der Waals surface area contributed by atoms with E-state index in [0.29, 0.717) is 12.5 Å². The number of hydrogen-bond acceptors (Lipinski definition) is 7. The van der Waals surface area contributed by atoms with Gasteiger partial charge in [0.05, 0.1) is 4.92 Å². The van der Waals surface area contributed by atoms with Crippen LogP contribution in [-0.4, -0.2) is 40.5 Å². The largest absolute Gasteiger partial charge is 0.364 e. The molecular weight excluding hydrogens is 266 g/mol. The Hall–Kier alpha value is -1.57. The van der Waals surface area contributed by atoms with Crippen molar-refractivity contribution in [2.75, 3.05) is 36.2 Å². The predicted octanol–water partition coefficient (Wildman–Crippen LogP) is 2.37. The monoisotopic (exact) mass is 285 g/mol. The van der Waals surface area contributed by atoms with Gasteiger partial charge in [-0.2, -0.15) is 16.7 Å². The van der Waals surface area contributed by atoms with E-state index < -0.39 is 4.92 Å². The summed E-state index contributed by atoms with van der Waals surface area (Å²) in [5.41, 5.74) is -0.0943. The molecule has 0 radical (unpaired) electrons. The molecule has 7 nitrogen and oxygen atoms in total. The second-order valence-corrected chi connectivity index (χ2v) is 4.90. The van der Waals surface area contributed by atoms with Crippen LogP contribution in [0.3, 0.4) is 0 Å². The van der Waals surface area contributed by atoms with Crippen molar-refractivity contribution >= 4 is 29.2 Å². The molecule has 0 aromatic carbocycles. The number of thioether (sulfide) groups is 1. The number of aromatic nitrogens is 2. The standard InChI is InChI=1S/C11H19N5O2S/c1-12-11-14-8-9(16(17)18)10(15-11)13-6-4-3-5-7-19-2/h8H,3-7H2,1-2H3,(H2,12,13,14,15). The molecule has 0 amide bonds. The summed E-state index contributed by atoms with van der Waals surface area (Å²) in [6.45, 7) is 0.676. The molecule has 1 aromatic rings. The maximum Gasteiger partial charge on any atom is 0.329 e. The van der Waals surface area contributed by atoms with Gasteiger partial charge >= 0.3 is 5.69 Å². The summed E-state index contributed by atoms with van der Waals surface area (Å²) in [5.74, 6) is 1.79. The van der Waals surface area contributed by atoms with Gasteiger partial charge < -0.3 is 10.6 Å². The number of unbranched alkanes of at least 4 members (excludes halogenated alkanes) is 2. The summed E-state index contributed by atoms with van der Waals surface area (Å²) in [5, 5.41) is 16.6. The molecule has 0 spiro atoms. The zero-order valence-electron chi connectivity index (χ0n) is 11.2. The minimum absolute atomic E-state index is 0.0943. The molecule has 0 fully saturated rings. The van der Waals surface area contributed by atoms with Crippen LogP contribution in [0.5, 0.6) is 0 Å². The third-order valence-electron chi connectivity index (χ3n) is 2.51. The van der Waals surface area contributed by atoms with Crippen LogP contribution in [0.2, 0.25) is 0 Å². The molecule has 0 saturated heterocycles. The van der Waals surface area contributed by atoms with Gasteiger partial charge in [0.1, 0.15) is 6.20 Å². The van der Waals surface area contributed by atoms with Crippen LogP contribution in [0.4, 0.5) is 17.5 Å². The number of nitrogens with one attached hydrogen (secondary N) is 2. The fourth-order valence-electron chi connectivity index (χ4n) is 1.51. The van der Waals surface area contributed by atoms with E-state index in [1.165, 1.54) is 6.20 Å². The van der Waals surface area contributed by atoms with Crippen LogP contribution >= 0.6 is 11.8 Å². The van der Waals surface area contributed by atoms with Gasteiger partial charge in [0.2, 0.25) is 11.8 Å². The summed E-state index contributed by atoms with van der Waals surface area (Å²) in [6, 6.07) is 0. The maximum atomic E-state index is 10.9. The van der Waals surface area contributed by atoms with Gasteiger partial charge in [-0.05, 0) is 24.9 Å². The van der Waals surface area contributed by atoms with Gasteiger partial charge in [-0.15, -0.1) is 0 Å².